The summed E-state index contributed by atoms with van der Waals surface area (Å²) in [6.45, 7) is 0. The van der Waals surface area contributed by atoms with Crippen LogP contribution in [0.2, 0.25) is 0 Å². The maximum atomic E-state index is 2.18. The minimum atomic E-state index is 1.17. The van der Waals surface area contributed by atoms with Gasteiger partial charge in [0.15, 0.2) is 0 Å². The van der Waals surface area contributed by atoms with Crippen molar-refractivity contribution < 1.29 is 0 Å². The molecule has 0 radical (unpaired) electrons. The molecule has 0 aliphatic heterocycles. The van der Waals surface area contributed by atoms with Crippen LogP contribution in [0.1, 0.15) is 0 Å². The smallest absolute Gasteiger partial charge is 0.0384 e. The summed E-state index contributed by atoms with van der Waals surface area (Å²) in [6, 6.07) is 31.8. The van der Waals surface area contributed by atoms with Crippen LogP contribution in [0.3, 0.4) is 0 Å². The molecule has 1 heteroatoms. The number of fused-ring (bicyclic) bond motifs is 3. The van der Waals surface area contributed by atoms with Crippen LogP contribution in [0.25, 0.3) is 21.5 Å². The molecule has 0 amide bonds. The van der Waals surface area contributed by atoms with E-state index in [0.29, 0.717) is 0 Å². The minimum Gasteiger partial charge on any atom is -0.0708 e. The van der Waals surface area contributed by atoms with Crippen molar-refractivity contribution in [3.05, 3.63) is 91.0 Å². The molecule has 0 fully saturated rings. The number of hydrogen-bond donors (Lipinski definition) is 0. The first-order valence-corrected chi connectivity index (χ1v) is 8.23. The molecule has 21 heavy (non-hydrogen) atoms. The summed E-state index contributed by atoms with van der Waals surface area (Å²) in [7, 11) is 1.17. The summed E-state index contributed by atoms with van der Waals surface area (Å²) in [4.78, 5) is 0. The molecule has 0 bridgehead atoms. The highest BCUT2D eigenvalue weighted by atomic mass is 28.1. The fraction of sp³-hybridized carbons (Fsp3) is 0. The summed E-state index contributed by atoms with van der Waals surface area (Å²) >= 11 is 0. The third-order valence-corrected chi connectivity index (χ3v) is 4.26. The molecular formula is C20H18Si. The summed E-state index contributed by atoms with van der Waals surface area (Å²) in [5, 5.41) is 6.76. The fourth-order valence-corrected chi connectivity index (χ4v) is 2.87. The van der Waals surface area contributed by atoms with Gasteiger partial charge >= 0.3 is 0 Å². The Morgan fingerprint density at radius 2 is 0.857 bits per heavy atom. The molecule has 0 N–H and O–H groups in total. The van der Waals surface area contributed by atoms with E-state index in [1.54, 1.807) is 0 Å². The lowest BCUT2D eigenvalue weighted by molar-refractivity contribution is 1.76. The van der Waals surface area contributed by atoms with Gasteiger partial charge in [0.2, 0.25) is 0 Å². The van der Waals surface area contributed by atoms with Crippen LogP contribution >= 0.6 is 0 Å². The minimum absolute atomic E-state index is 1.17. The molecule has 0 saturated heterocycles. The van der Waals surface area contributed by atoms with Crippen molar-refractivity contribution in [3.63, 3.8) is 0 Å². The molecular weight excluding hydrogens is 268 g/mol. The molecule has 0 heterocycles. The molecule has 0 saturated carbocycles. The second kappa shape index (κ2) is 6.38. The van der Waals surface area contributed by atoms with E-state index in [1.807, 2.05) is 6.07 Å². The zero-order valence-corrected chi connectivity index (χ0v) is 14.2. The van der Waals surface area contributed by atoms with E-state index in [9.17, 15) is 0 Å². The third-order valence-electron chi connectivity index (χ3n) is 3.59. The van der Waals surface area contributed by atoms with Gasteiger partial charge in [-0.15, -0.1) is 0 Å². The van der Waals surface area contributed by atoms with E-state index in [1.165, 1.54) is 37.0 Å². The SMILES string of the molecule is [SiH3]c1ccccc1.c1ccc2c(c1)ccc1ccccc12. The van der Waals surface area contributed by atoms with Crippen LogP contribution in [0, 0.1) is 0 Å². The summed E-state index contributed by atoms with van der Waals surface area (Å²) in [5.41, 5.74) is 0. The zero-order chi connectivity index (χ0) is 14.5. The van der Waals surface area contributed by atoms with Crippen LogP contribution in [0.4, 0.5) is 0 Å². The third kappa shape index (κ3) is 3.20. The average Bonchev–Trinajstić information content (AvgIpc) is 2.56. The van der Waals surface area contributed by atoms with Crippen molar-refractivity contribution in [1.82, 2.24) is 0 Å². The van der Waals surface area contributed by atoms with Crippen LogP contribution < -0.4 is 5.19 Å². The molecule has 0 spiro atoms. The van der Waals surface area contributed by atoms with E-state index in [0.717, 1.165) is 0 Å². The first kappa shape index (κ1) is 13.6. The normalized spacial score (nSPS) is 10.3. The largest absolute Gasteiger partial charge is 0.0708 e. The van der Waals surface area contributed by atoms with E-state index in [4.69, 9.17) is 0 Å². The first-order chi connectivity index (χ1) is 10.3. The first-order valence-electron chi connectivity index (χ1n) is 7.23. The molecule has 0 atom stereocenters. The lowest BCUT2D eigenvalue weighted by Gasteiger charge is -2.02. The Morgan fingerprint density at radius 3 is 1.29 bits per heavy atom. The number of rotatable bonds is 0. The number of benzene rings is 4. The van der Waals surface area contributed by atoms with E-state index in [2.05, 4.69) is 84.9 Å². The van der Waals surface area contributed by atoms with Crippen molar-refractivity contribution in [2.45, 2.75) is 0 Å². The van der Waals surface area contributed by atoms with Gasteiger partial charge in [-0.25, -0.2) is 0 Å². The molecule has 0 unspecified atom stereocenters. The van der Waals surface area contributed by atoms with Gasteiger partial charge in [-0.05, 0) is 21.5 Å². The summed E-state index contributed by atoms with van der Waals surface area (Å²) in [6.07, 6.45) is 0. The van der Waals surface area contributed by atoms with Gasteiger partial charge in [0.25, 0.3) is 0 Å². The van der Waals surface area contributed by atoms with Crippen LogP contribution in [-0.2, 0) is 0 Å². The van der Waals surface area contributed by atoms with Crippen molar-refractivity contribution in [2.24, 2.45) is 0 Å². The maximum absolute atomic E-state index is 2.18. The topological polar surface area (TPSA) is 0 Å². The zero-order valence-electron chi connectivity index (χ0n) is 12.2. The molecule has 0 aliphatic carbocycles. The van der Waals surface area contributed by atoms with Gasteiger partial charge in [-0.3, -0.25) is 0 Å². The highest BCUT2D eigenvalue weighted by molar-refractivity contribution is 6.32. The van der Waals surface area contributed by atoms with Gasteiger partial charge in [0.1, 0.15) is 0 Å². The molecule has 0 nitrogen and oxygen atoms in total. The molecule has 4 aromatic carbocycles. The Kier molecular flexibility index (Phi) is 4.13. The monoisotopic (exact) mass is 286 g/mol. The standard InChI is InChI=1S/C14H10.C6H8Si/c1-3-7-13-11(5-1)9-10-12-6-2-4-8-14(12)13;7-6-4-2-1-3-5-6/h1-10H;1-5H,7H3. The second-order valence-corrected chi connectivity index (χ2v) is 6.32. The quantitative estimate of drug-likeness (QED) is 0.342. The van der Waals surface area contributed by atoms with Gasteiger partial charge < -0.3 is 0 Å². The van der Waals surface area contributed by atoms with Crippen molar-refractivity contribution >= 4 is 37.0 Å². The molecule has 102 valence electrons. The van der Waals surface area contributed by atoms with E-state index >= 15 is 0 Å². The highest BCUT2D eigenvalue weighted by Crippen LogP contribution is 2.24. The summed E-state index contributed by atoms with van der Waals surface area (Å²) < 4.78 is 0. The fourth-order valence-electron chi connectivity index (χ4n) is 2.49. The second-order valence-electron chi connectivity index (χ2n) is 5.16. The van der Waals surface area contributed by atoms with Gasteiger partial charge in [-0.2, -0.15) is 0 Å². The Balaban J connectivity index is 0.000000160. The van der Waals surface area contributed by atoms with E-state index in [-0.39, 0.29) is 0 Å². The molecule has 4 aromatic rings. The average molecular weight is 286 g/mol. The van der Waals surface area contributed by atoms with Crippen molar-refractivity contribution in [3.8, 4) is 0 Å². The highest BCUT2D eigenvalue weighted by Gasteiger charge is 1.97. The Morgan fingerprint density at radius 1 is 0.429 bits per heavy atom. The lowest BCUT2D eigenvalue weighted by atomic mass is 10.0. The van der Waals surface area contributed by atoms with Gasteiger partial charge in [0.05, 0.1) is 0 Å². The van der Waals surface area contributed by atoms with Gasteiger partial charge in [0, 0.05) is 10.2 Å². The van der Waals surface area contributed by atoms with Crippen molar-refractivity contribution in [1.29, 1.82) is 0 Å². The Hall–Kier alpha value is -2.38. The summed E-state index contributed by atoms with van der Waals surface area (Å²) in [5.74, 6) is 0. The Labute approximate surface area is 128 Å². The predicted octanol–water partition coefficient (Wildman–Crippen LogP) is 3.67. The van der Waals surface area contributed by atoms with Crippen molar-refractivity contribution in [2.75, 3.05) is 0 Å². The Bertz CT molecular complexity index is 796. The van der Waals surface area contributed by atoms with Crippen LogP contribution in [-0.4, -0.2) is 10.2 Å². The molecule has 0 aromatic heterocycles. The molecule has 4 rings (SSSR count). The van der Waals surface area contributed by atoms with E-state index < -0.39 is 0 Å². The molecule has 0 aliphatic rings. The maximum Gasteiger partial charge on any atom is 0.0384 e. The predicted molar refractivity (Wildman–Crippen MR) is 97.5 cm³/mol. The van der Waals surface area contributed by atoms with Gasteiger partial charge in [-0.1, -0.05) is 96.2 Å². The lowest BCUT2D eigenvalue weighted by Crippen LogP contribution is -1.97. The van der Waals surface area contributed by atoms with Crippen LogP contribution in [0.15, 0.2) is 91.0 Å². The number of hydrogen-bond acceptors (Lipinski definition) is 0. The van der Waals surface area contributed by atoms with Crippen LogP contribution in [0.5, 0.6) is 0 Å².